The lowest BCUT2D eigenvalue weighted by Gasteiger charge is -2.10. The first kappa shape index (κ1) is 13.2. The van der Waals surface area contributed by atoms with Crippen molar-refractivity contribution in [2.75, 3.05) is 0 Å². The number of hydrogen-bond donors (Lipinski definition) is 0. The first-order chi connectivity index (χ1) is 9.69. The minimum Gasteiger partial charge on any atom is -0.343 e. The van der Waals surface area contributed by atoms with Gasteiger partial charge in [-0.15, -0.1) is 0 Å². The van der Waals surface area contributed by atoms with Crippen molar-refractivity contribution in [2.45, 2.75) is 19.9 Å². The van der Waals surface area contributed by atoms with E-state index < -0.39 is 0 Å². The van der Waals surface area contributed by atoms with E-state index >= 15 is 0 Å². The van der Waals surface area contributed by atoms with Crippen LogP contribution in [0.5, 0.6) is 0 Å². The van der Waals surface area contributed by atoms with Crippen LogP contribution in [-0.4, -0.2) is 4.57 Å². The number of hydrogen-bond acceptors (Lipinski definition) is 0. The number of aryl methyl sites for hydroxylation is 1. The summed E-state index contributed by atoms with van der Waals surface area (Å²) in [6.45, 7) is 2.72. The summed E-state index contributed by atoms with van der Waals surface area (Å²) >= 11 is 6.16. The first-order valence-corrected chi connectivity index (χ1v) is 7.07. The number of benzene rings is 2. The highest BCUT2D eigenvalue weighted by atomic mass is 35.5. The molecule has 3 rings (SSSR count). The summed E-state index contributed by atoms with van der Waals surface area (Å²) in [4.78, 5) is 0. The van der Waals surface area contributed by atoms with E-state index in [0.717, 1.165) is 12.0 Å². The minimum atomic E-state index is -0.253. The monoisotopic (exact) mass is 287 g/mol. The molecule has 0 saturated heterocycles. The molecule has 102 valence electrons. The zero-order valence-corrected chi connectivity index (χ0v) is 12.0. The van der Waals surface area contributed by atoms with Gasteiger partial charge >= 0.3 is 0 Å². The van der Waals surface area contributed by atoms with Crippen molar-refractivity contribution in [1.82, 2.24) is 4.57 Å². The van der Waals surface area contributed by atoms with Gasteiger partial charge < -0.3 is 4.57 Å². The Labute approximate surface area is 122 Å². The van der Waals surface area contributed by atoms with E-state index in [0.29, 0.717) is 11.6 Å². The number of rotatable bonds is 3. The Kier molecular flexibility index (Phi) is 3.49. The fraction of sp³-hybridized carbons (Fsp3) is 0.176. The van der Waals surface area contributed by atoms with Gasteiger partial charge in [0.15, 0.2) is 0 Å². The largest absolute Gasteiger partial charge is 0.343 e. The van der Waals surface area contributed by atoms with Crippen LogP contribution in [0, 0.1) is 5.82 Å². The molecule has 0 amide bonds. The smallest absolute Gasteiger partial charge is 0.123 e. The third kappa shape index (κ3) is 2.32. The quantitative estimate of drug-likeness (QED) is 0.636. The van der Waals surface area contributed by atoms with Crippen molar-refractivity contribution in [3.8, 4) is 0 Å². The summed E-state index contributed by atoms with van der Waals surface area (Å²) < 4.78 is 15.5. The lowest BCUT2D eigenvalue weighted by Crippen LogP contribution is -2.01. The molecule has 1 aromatic heterocycles. The third-order valence-electron chi connectivity index (χ3n) is 3.60. The predicted octanol–water partition coefficient (Wildman–Crippen LogP) is 5.04. The van der Waals surface area contributed by atoms with Crippen LogP contribution in [0.15, 0.2) is 48.7 Å². The number of para-hydroxylation sites is 1. The van der Waals surface area contributed by atoms with E-state index in [1.807, 2.05) is 6.20 Å². The highest BCUT2D eigenvalue weighted by Crippen LogP contribution is 2.24. The highest BCUT2D eigenvalue weighted by Gasteiger charge is 2.08. The molecule has 0 radical (unpaired) electrons. The normalized spacial score (nSPS) is 11.2. The Bertz CT molecular complexity index is 761. The van der Waals surface area contributed by atoms with Crippen molar-refractivity contribution in [1.29, 1.82) is 0 Å². The van der Waals surface area contributed by atoms with Gasteiger partial charge in [0.05, 0.1) is 5.52 Å². The van der Waals surface area contributed by atoms with Gasteiger partial charge in [-0.05, 0) is 47.2 Å². The third-order valence-corrected chi connectivity index (χ3v) is 3.97. The molecule has 3 aromatic rings. The van der Waals surface area contributed by atoms with Crippen LogP contribution in [0.4, 0.5) is 4.39 Å². The van der Waals surface area contributed by atoms with Crippen LogP contribution in [0.25, 0.3) is 10.9 Å². The van der Waals surface area contributed by atoms with Crippen molar-refractivity contribution in [2.24, 2.45) is 0 Å². The molecule has 0 saturated carbocycles. The van der Waals surface area contributed by atoms with Gasteiger partial charge in [0.1, 0.15) is 5.82 Å². The van der Waals surface area contributed by atoms with Crippen LogP contribution in [0.3, 0.4) is 0 Å². The van der Waals surface area contributed by atoms with Crippen LogP contribution < -0.4 is 0 Å². The molecule has 0 aliphatic carbocycles. The minimum absolute atomic E-state index is 0.253. The SMILES string of the molecule is CCc1cccc2ccn(Cc3cc(F)ccc3Cl)c12. The Hall–Kier alpha value is -1.80. The summed E-state index contributed by atoms with van der Waals surface area (Å²) in [5, 5.41) is 1.80. The summed E-state index contributed by atoms with van der Waals surface area (Å²) in [5.41, 5.74) is 3.30. The summed E-state index contributed by atoms with van der Waals surface area (Å²) in [6, 6.07) is 12.9. The Morgan fingerprint density at radius 3 is 2.75 bits per heavy atom. The Balaban J connectivity index is 2.09. The molecule has 3 heteroatoms. The van der Waals surface area contributed by atoms with Crippen LogP contribution in [0.1, 0.15) is 18.1 Å². The van der Waals surface area contributed by atoms with Gasteiger partial charge in [-0.3, -0.25) is 0 Å². The van der Waals surface area contributed by atoms with E-state index in [4.69, 9.17) is 11.6 Å². The molecular formula is C17H15ClFN. The Morgan fingerprint density at radius 1 is 1.10 bits per heavy atom. The van der Waals surface area contributed by atoms with Gasteiger partial charge in [-0.25, -0.2) is 4.39 Å². The van der Waals surface area contributed by atoms with Crippen LogP contribution in [-0.2, 0) is 13.0 Å². The molecule has 0 atom stereocenters. The van der Waals surface area contributed by atoms with Crippen LogP contribution >= 0.6 is 11.6 Å². The molecule has 0 unspecified atom stereocenters. The molecule has 1 heterocycles. The molecule has 2 aromatic carbocycles. The maximum Gasteiger partial charge on any atom is 0.123 e. The summed E-state index contributed by atoms with van der Waals surface area (Å²) in [5.74, 6) is -0.253. The molecule has 0 aliphatic rings. The molecule has 20 heavy (non-hydrogen) atoms. The topological polar surface area (TPSA) is 4.93 Å². The number of halogens is 2. The second kappa shape index (κ2) is 5.29. The number of nitrogens with zero attached hydrogens (tertiary/aromatic N) is 1. The van der Waals surface area contributed by atoms with E-state index in [1.54, 1.807) is 6.07 Å². The summed E-state index contributed by atoms with van der Waals surface area (Å²) in [6.07, 6.45) is 3.00. The van der Waals surface area contributed by atoms with Gasteiger partial charge in [-0.1, -0.05) is 36.7 Å². The van der Waals surface area contributed by atoms with Crippen molar-refractivity contribution in [3.63, 3.8) is 0 Å². The molecular weight excluding hydrogens is 273 g/mol. The lowest BCUT2D eigenvalue weighted by atomic mass is 10.1. The highest BCUT2D eigenvalue weighted by molar-refractivity contribution is 6.31. The predicted molar refractivity (Wildman–Crippen MR) is 81.8 cm³/mol. The molecule has 1 nitrogen and oxygen atoms in total. The van der Waals surface area contributed by atoms with Gasteiger partial charge in [0, 0.05) is 17.8 Å². The zero-order valence-electron chi connectivity index (χ0n) is 11.2. The van der Waals surface area contributed by atoms with E-state index in [9.17, 15) is 4.39 Å². The van der Waals surface area contributed by atoms with E-state index in [1.165, 1.54) is 28.6 Å². The Morgan fingerprint density at radius 2 is 1.95 bits per heavy atom. The first-order valence-electron chi connectivity index (χ1n) is 6.69. The van der Waals surface area contributed by atoms with Crippen molar-refractivity contribution < 1.29 is 4.39 Å². The summed E-state index contributed by atoms with van der Waals surface area (Å²) in [7, 11) is 0. The number of fused-ring (bicyclic) bond motifs is 1. The molecule has 0 aliphatic heterocycles. The average molecular weight is 288 g/mol. The molecule has 0 fully saturated rings. The lowest BCUT2D eigenvalue weighted by molar-refractivity contribution is 0.624. The maximum absolute atomic E-state index is 13.4. The second-order valence-electron chi connectivity index (χ2n) is 4.89. The fourth-order valence-electron chi connectivity index (χ4n) is 2.61. The molecule has 0 spiro atoms. The molecule has 0 bridgehead atoms. The van der Waals surface area contributed by atoms with Crippen LogP contribution in [0.2, 0.25) is 5.02 Å². The van der Waals surface area contributed by atoms with Crippen molar-refractivity contribution >= 4 is 22.5 Å². The standard InChI is InChI=1S/C17H15ClFN/c1-2-12-4-3-5-13-8-9-20(17(12)13)11-14-10-15(19)6-7-16(14)18/h3-10H,2,11H2,1H3. The van der Waals surface area contributed by atoms with Gasteiger partial charge in [0.2, 0.25) is 0 Å². The average Bonchev–Trinajstić information content (AvgIpc) is 2.86. The van der Waals surface area contributed by atoms with Gasteiger partial charge in [-0.2, -0.15) is 0 Å². The van der Waals surface area contributed by atoms with Crippen molar-refractivity contribution in [3.05, 3.63) is 70.6 Å². The fourth-order valence-corrected chi connectivity index (χ4v) is 2.78. The van der Waals surface area contributed by atoms with Gasteiger partial charge in [0.25, 0.3) is 0 Å². The molecule has 0 N–H and O–H groups in total. The number of aromatic nitrogens is 1. The zero-order chi connectivity index (χ0) is 14.1. The van der Waals surface area contributed by atoms with E-state index in [-0.39, 0.29) is 5.82 Å². The maximum atomic E-state index is 13.4. The van der Waals surface area contributed by atoms with E-state index in [2.05, 4.69) is 35.8 Å². The second-order valence-corrected chi connectivity index (χ2v) is 5.30.